The summed E-state index contributed by atoms with van der Waals surface area (Å²) in [6, 6.07) is 0. The summed E-state index contributed by atoms with van der Waals surface area (Å²) in [5, 5.41) is 9.48. The molecule has 0 heterocycles. The Kier molecular flexibility index (Phi) is 37.0. The van der Waals surface area contributed by atoms with Crippen molar-refractivity contribution in [2.24, 2.45) is 0 Å². The molecule has 0 saturated heterocycles. The van der Waals surface area contributed by atoms with E-state index >= 15 is 0 Å². The van der Waals surface area contributed by atoms with E-state index in [1.165, 1.54) is 77.0 Å². The second kappa shape index (κ2) is 38.4. The van der Waals surface area contributed by atoms with Crippen LogP contribution in [0, 0.1) is 0 Å². The molecular weight excluding hydrogens is 725 g/mol. The molecule has 0 fully saturated rings. The zero-order valence-corrected chi connectivity index (χ0v) is 37.1. The number of aliphatic hydroxyl groups excluding tert-OH is 1. The highest BCUT2D eigenvalue weighted by Gasteiger charge is 2.26. The van der Waals surface area contributed by atoms with Crippen LogP contribution < -0.4 is 0 Å². The first-order chi connectivity index (χ1) is 27.0. The van der Waals surface area contributed by atoms with Crippen LogP contribution in [-0.4, -0.2) is 86.8 Å². The molecule has 0 aromatic heterocycles. The fourth-order valence-corrected chi connectivity index (χ4v) is 6.15. The van der Waals surface area contributed by atoms with Gasteiger partial charge in [0.05, 0.1) is 40.5 Å². The van der Waals surface area contributed by atoms with Crippen molar-refractivity contribution in [2.75, 3.05) is 54.1 Å². The minimum absolute atomic E-state index is 0.0671. The summed E-state index contributed by atoms with van der Waals surface area (Å²) < 4.78 is 34.9. The summed E-state index contributed by atoms with van der Waals surface area (Å²) in [6.07, 6.45) is 46.1. The van der Waals surface area contributed by atoms with Crippen molar-refractivity contribution in [1.82, 2.24) is 0 Å². The Morgan fingerprint density at radius 3 is 1.66 bits per heavy atom. The molecule has 0 rings (SSSR count). The molecular formula is C46H83NO8P+. The number of esters is 1. The molecule has 324 valence electrons. The SMILES string of the molecule is CCCCCCCCCCCCCCCCOCC(COP(=O)(O)OCC[N+](C)(C)C)OC(=O)CC/C=C\C/C=C\C/C=C\C/C=C\C/C=C\C=C\C(O)CC. The van der Waals surface area contributed by atoms with Crippen LogP contribution in [0.25, 0.3) is 0 Å². The lowest BCUT2D eigenvalue weighted by atomic mass is 10.0. The molecule has 0 radical (unpaired) electrons. The maximum absolute atomic E-state index is 12.7. The van der Waals surface area contributed by atoms with E-state index < -0.39 is 19.9 Å². The third kappa shape index (κ3) is 41.5. The Hall–Kier alpha value is -2.10. The number of hydrogen-bond acceptors (Lipinski definition) is 7. The second-order valence-corrected chi connectivity index (χ2v) is 17.0. The largest absolute Gasteiger partial charge is 0.472 e. The van der Waals surface area contributed by atoms with Gasteiger partial charge in [0.25, 0.3) is 0 Å². The van der Waals surface area contributed by atoms with Crippen molar-refractivity contribution in [3.63, 3.8) is 0 Å². The first-order valence-electron chi connectivity index (χ1n) is 21.8. The molecule has 0 saturated carbocycles. The summed E-state index contributed by atoms with van der Waals surface area (Å²) in [4.78, 5) is 22.8. The lowest BCUT2D eigenvalue weighted by Crippen LogP contribution is -2.37. The number of phosphoric acid groups is 1. The van der Waals surface area contributed by atoms with E-state index in [2.05, 4.69) is 49.5 Å². The van der Waals surface area contributed by atoms with Gasteiger partial charge in [-0.15, -0.1) is 0 Å². The number of allylic oxidation sites excluding steroid dienone is 11. The molecule has 0 aliphatic rings. The third-order valence-corrected chi connectivity index (χ3v) is 9.94. The Morgan fingerprint density at radius 1 is 0.643 bits per heavy atom. The Morgan fingerprint density at radius 2 is 1.14 bits per heavy atom. The van der Waals surface area contributed by atoms with E-state index in [0.29, 0.717) is 24.1 Å². The van der Waals surface area contributed by atoms with Gasteiger partial charge in [-0.1, -0.05) is 170 Å². The van der Waals surface area contributed by atoms with Crippen LogP contribution >= 0.6 is 7.82 Å². The van der Waals surface area contributed by atoms with Crippen molar-refractivity contribution in [3.8, 4) is 0 Å². The number of nitrogens with zero attached hydrogens (tertiary/aromatic N) is 1. The van der Waals surface area contributed by atoms with E-state index in [1.807, 2.05) is 52.4 Å². The fraction of sp³-hybridized carbons (Fsp3) is 0.717. The van der Waals surface area contributed by atoms with Crippen LogP contribution in [0.15, 0.2) is 72.9 Å². The van der Waals surface area contributed by atoms with E-state index in [0.717, 1.165) is 44.9 Å². The summed E-state index contributed by atoms with van der Waals surface area (Å²) in [5.41, 5.74) is 0. The number of rotatable bonds is 39. The zero-order valence-electron chi connectivity index (χ0n) is 36.2. The Labute approximate surface area is 343 Å². The average molecular weight is 809 g/mol. The third-order valence-electron chi connectivity index (χ3n) is 8.95. The number of unbranched alkanes of at least 4 members (excludes halogenated alkanes) is 13. The number of carbonyl (C=O) groups excluding carboxylic acids is 1. The molecule has 0 aliphatic heterocycles. The average Bonchev–Trinajstić information content (AvgIpc) is 3.15. The van der Waals surface area contributed by atoms with Gasteiger partial charge in [-0.2, -0.15) is 0 Å². The van der Waals surface area contributed by atoms with Crippen molar-refractivity contribution in [2.45, 2.75) is 161 Å². The van der Waals surface area contributed by atoms with Crippen molar-refractivity contribution >= 4 is 13.8 Å². The standard InChI is InChI=1S/C46H82NO8P/c1-6-8-9-10-11-12-13-14-21-24-27-30-33-36-40-52-42-45(43-54-56(50,51)53-41-39-47(3,4)5)55-46(49)38-35-32-29-26-23-20-18-16-15-17-19-22-25-28-31-34-37-44(48)7-2/h15-16,19-20,22-23,28-29,31-32,34,37,44-45,48H,6-14,17-18,21,24-27,30,33,35-36,38-43H2,1-5H3/p+1/b16-15-,22-19-,23-20-,31-28-,32-29-,37-34+. The van der Waals surface area contributed by atoms with E-state index in [1.54, 1.807) is 6.08 Å². The quantitative estimate of drug-likeness (QED) is 0.0158. The molecule has 3 atom stereocenters. The Bertz CT molecular complexity index is 1140. The topological polar surface area (TPSA) is 112 Å². The molecule has 0 bridgehead atoms. The summed E-state index contributed by atoms with van der Waals surface area (Å²) in [6.45, 7) is 5.17. The highest BCUT2D eigenvalue weighted by molar-refractivity contribution is 7.47. The Balaban J connectivity index is 4.40. The molecule has 56 heavy (non-hydrogen) atoms. The maximum atomic E-state index is 12.7. The van der Waals surface area contributed by atoms with E-state index in [4.69, 9.17) is 18.5 Å². The number of quaternary nitrogens is 1. The number of hydrogen-bond donors (Lipinski definition) is 2. The number of likely N-dealkylation sites (N-methyl/N-ethyl adjacent to an activating group) is 1. The molecule has 3 unspecified atom stereocenters. The molecule has 0 aromatic rings. The van der Waals surface area contributed by atoms with Gasteiger partial charge in [-0.05, 0) is 44.9 Å². The minimum Gasteiger partial charge on any atom is -0.457 e. The van der Waals surface area contributed by atoms with Gasteiger partial charge in [0.2, 0.25) is 0 Å². The van der Waals surface area contributed by atoms with Gasteiger partial charge >= 0.3 is 13.8 Å². The van der Waals surface area contributed by atoms with Crippen LogP contribution in [0.1, 0.15) is 149 Å². The van der Waals surface area contributed by atoms with Gasteiger partial charge in [-0.25, -0.2) is 4.57 Å². The predicted octanol–water partition coefficient (Wildman–Crippen LogP) is 11.7. The normalized spacial score (nSPS) is 15.1. The van der Waals surface area contributed by atoms with Gasteiger partial charge in [0.1, 0.15) is 19.3 Å². The van der Waals surface area contributed by atoms with Gasteiger partial charge in [0.15, 0.2) is 0 Å². The molecule has 0 aromatic carbocycles. The lowest BCUT2D eigenvalue weighted by Gasteiger charge is -2.24. The maximum Gasteiger partial charge on any atom is 0.472 e. The number of ether oxygens (including phenoxy) is 2. The van der Waals surface area contributed by atoms with Crippen LogP contribution in [0.5, 0.6) is 0 Å². The number of phosphoric ester groups is 1. The predicted molar refractivity (Wildman–Crippen MR) is 234 cm³/mol. The van der Waals surface area contributed by atoms with E-state index in [-0.39, 0.29) is 32.3 Å². The highest BCUT2D eigenvalue weighted by atomic mass is 31.2. The monoisotopic (exact) mass is 809 g/mol. The molecule has 0 spiro atoms. The molecule has 0 amide bonds. The minimum atomic E-state index is -4.30. The summed E-state index contributed by atoms with van der Waals surface area (Å²) >= 11 is 0. The second-order valence-electron chi connectivity index (χ2n) is 15.6. The summed E-state index contributed by atoms with van der Waals surface area (Å²) in [7, 11) is 1.59. The molecule has 9 nitrogen and oxygen atoms in total. The van der Waals surface area contributed by atoms with Crippen molar-refractivity contribution in [3.05, 3.63) is 72.9 Å². The van der Waals surface area contributed by atoms with Gasteiger partial charge in [0, 0.05) is 13.0 Å². The zero-order chi connectivity index (χ0) is 41.4. The summed E-state index contributed by atoms with van der Waals surface area (Å²) in [5.74, 6) is -0.406. The smallest absolute Gasteiger partial charge is 0.457 e. The fourth-order valence-electron chi connectivity index (χ4n) is 5.41. The van der Waals surface area contributed by atoms with Gasteiger partial charge in [-0.3, -0.25) is 13.8 Å². The van der Waals surface area contributed by atoms with Crippen LogP contribution in [-0.2, 0) is 27.9 Å². The first kappa shape index (κ1) is 53.9. The van der Waals surface area contributed by atoms with Gasteiger partial charge < -0.3 is 24.0 Å². The van der Waals surface area contributed by atoms with Crippen LogP contribution in [0.2, 0.25) is 0 Å². The number of aliphatic hydroxyl groups is 1. The highest BCUT2D eigenvalue weighted by Crippen LogP contribution is 2.43. The lowest BCUT2D eigenvalue weighted by molar-refractivity contribution is -0.870. The van der Waals surface area contributed by atoms with E-state index in [9.17, 15) is 19.4 Å². The molecule has 10 heteroatoms. The van der Waals surface area contributed by atoms with Crippen LogP contribution in [0.3, 0.4) is 0 Å². The van der Waals surface area contributed by atoms with Crippen molar-refractivity contribution in [1.29, 1.82) is 0 Å². The van der Waals surface area contributed by atoms with Crippen molar-refractivity contribution < 1.29 is 42.4 Å². The number of carbonyl (C=O) groups is 1. The first-order valence-corrected chi connectivity index (χ1v) is 23.3. The van der Waals surface area contributed by atoms with Crippen LogP contribution in [0.4, 0.5) is 0 Å². The molecule has 0 aliphatic carbocycles. The molecule has 2 N–H and O–H groups in total.